The van der Waals surface area contributed by atoms with Crippen molar-refractivity contribution in [2.75, 3.05) is 29.6 Å². The van der Waals surface area contributed by atoms with Crippen LogP contribution in [0.5, 0.6) is 5.75 Å². The number of methoxy groups -OCH3 is 1. The van der Waals surface area contributed by atoms with Gasteiger partial charge in [0.2, 0.25) is 0 Å². The van der Waals surface area contributed by atoms with E-state index in [9.17, 15) is 4.79 Å². The second-order valence-electron chi connectivity index (χ2n) is 9.67. The van der Waals surface area contributed by atoms with Gasteiger partial charge in [-0.25, -0.2) is 4.98 Å². The van der Waals surface area contributed by atoms with Crippen LogP contribution in [0.4, 0.5) is 22.7 Å². The number of para-hydroxylation sites is 1. The van der Waals surface area contributed by atoms with E-state index in [0.29, 0.717) is 36.4 Å². The molecule has 5 rings (SSSR count). The fourth-order valence-electron chi connectivity index (χ4n) is 4.36. The number of fused-ring (bicyclic) bond motifs is 1. The third-order valence-electron chi connectivity index (χ3n) is 6.61. The smallest absolute Gasteiger partial charge is 0.284 e. The number of ether oxygens (including phenoxy) is 1. The standard InChI is InChI=1S/C30H32N6O2S/c1-19(2)20-9-14-24(32-21-7-5-4-6-8-21)26(17-20)34-28(37)29-35-25-15-16-36(18-27(25)39-29)30(31)33-22-10-12-23(38-3)13-11-22/h4-14,17,19,32H,15-16,18H2,1-3H3,(H2,31,33)(H,34,37). The molecule has 3 aromatic carbocycles. The SMILES string of the molecule is COc1ccc(NC(=N)N2CCc3nc(C(=O)Nc4cc(C(C)C)ccc4Nc4ccccc4)sc3C2)cc1. The van der Waals surface area contributed by atoms with Crippen molar-refractivity contribution in [3.63, 3.8) is 0 Å². The molecule has 39 heavy (non-hydrogen) atoms. The normalized spacial score (nSPS) is 12.6. The van der Waals surface area contributed by atoms with Gasteiger partial charge in [-0.2, -0.15) is 0 Å². The molecule has 1 aromatic heterocycles. The Morgan fingerprint density at radius 2 is 1.77 bits per heavy atom. The minimum atomic E-state index is -0.232. The van der Waals surface area contributed by atoms with Crippen LogP contribution in [0, 0.1) is 5.41 Å². The van der Waals surface area contributed by atoms with Gasteiger partial charge in [0.15, 0.2) is 11.0 Å². The number of aromatic nitrogens is 1. The first-order valence-electron chi connectivity index (χ1n) is 12.9. The van der Waals surface area contributed by atoms with Crippen LogP contribution in [0.15, 0.2) is 72.8 Å². The van der Waals surface area contributed by atoms with Crippen LogP contribution in [0.1, 0.15) is 45.7 Å². The number of carbonyl (C=O) groups is 1. The molecule has 0 aliphatic carbocycles. The lowest BCUT2D eigenvalue weighted by Gasteiger charge is -2.28. The largest absolute Gasteiger partial charge is 0.497 e. The molecule has 0 atom stereocenters. The van der Waals surface area contributed by atoms with Gasteiger partial charge in [-0.15, -0.1) is 11.3 Å². The Hall–Kier alpha value is -4.37. The van der Waals surface area contributed by atoms with Crippen molar-refractivity contribution in [3.05, 3.63) is 93.9 Å². The number of nitrogens with zero attached hydrogens (tertiary/aromatic N) is 2. The monoisotopic (exact) mass is 540 g/mol. The summed E-state index contributed by atoms with van der Waals surface area (Å²) in [6.45, 7) is 5.45. The van der Waals surface area contributed by atoms with Gasteiger partial charge in [0.05, 0.1) is 30.7 Å². The zero-order valence-electron chi connectivity index (χ0n) is 22.2. The quantitative estimate of drug-likeness (QED) is 0.154. The van der Waals surface area contributed by atoms with Gasteiger partial charge in [-0.1, -0.05) is 38.1 Å². The minimum absolute atomic E-state index is 0.232. The summed E-state index contributed by atoms with van der Waals surface area (Å²) in [7, 11) is 1.63. The van der Waals surface area contributed by atoms with Gasteiger partial charge in [-0.3, -0.25) is 10.2 Å². The number of carbonyl (C=O) groups excluding carboxylic acids is 1. The molecular weight excluding hydrogens is 508 g/mol. The number of anilines is 4. The van der Waals surface area contributed by atoms with Crippen LogP contribution < -0.4 is 20.7 Å². The molecule has 2 heterocycles. The van der Waals surface area contributed by atoms with Gasteiger partial charge in [-0.05, 0) is 60.0 Å². The highest BCUT2D eigenvalue weighted by Crippen LogP contribution is 2.31. The molecule has 9 heteroatoms. The molecule has 0 unspecified atom stereocenters. The number of hydrogen-bond donors (Lipinski definition) is 4. The first-order chi connectivity index (χ1) is 18.9. The number of hydrogen-bond acceptors (Lipinski definition) is 6. The van der Waals surface area contributed by atoms with Crippen molar-refractivity contribution in [1.29, 1.82) is 5.41 Å². The van der Waals surface area contributed by atoms with Crippen molar-refractivity contribution in [1.82, 2.24) is 9.88 Å². The highest BCUT2D eigenvalue weighted by Gasteiger charge is 2.25. The Morgan fingerprint density at radius 1 is 1.00 bits per heavy atom. The van der Waals surface area contributed by atoms with E-state index < -0.39 is 0 Å². The van der Waals surface area contributed by atoms with E-state index >= 15 is 0 Å². The van der Waals surface area contributed by atoms with Crippen LogP contribution in [-0.4, -0.2) is 35.4 Å². The van der Waals surface area contributed by atoms with E-state index in [-0.39, 0.29) is 5.91 Å². The zero-order valence-corrected chi connectivity index (χ0v) is 23.1. The molecule has 0 saturated carbocycles. The van der Waals surface area contributed by atoms with E-state index in [1.54, 1.807) is 7.11 Å². The second kappa shape index (κ2) is 11.6. The van der Waals surface area contributed by atoms with Gasteiger partial charge in [0.25, 0.3) is 5.91 Å². The molecule has 0 radical (unpaired) electrons. The summed E-state index contributed by atoms with van der Waals surface area (Å²) in [4.78, 5) is 21.0. The summed E-state index contributed by atoms with van der Waals surface area (Å²) in [6.07, 6.45) is 0.676. The molecule has 4 N–H and O–H groups in total. The van der Waals surface area contributed by atoms with E-state index in [4.69, 9.17) is 10.1 Å². The first-order valence-corrected chi connectivity index (χ1v) is 13.7. The molecule has 0 spiro atoms. The highest BCUT2D eigenvalue weighted by molar-refractivity contribution is 7.13. The van der Waals surface area contributed by atoms with E-state index in [0.717, 1.165) is 44.6 Å². The summed E-state index contributed by atoms with van der Waals surface area (Å²) in [6, 6.07) is 23.5. The maximum Gasteiger partial charge on any atom is 0.284 e. The summed E-state index contributed by atoms with van der Waals surface area (Å²) < 4.78 is 5.20. The molecule has 8 nitrogen and oxygen atoms in total. The van der Waals surface area contributed by atoms with Crippen molar-refractivity contribution >= 4 is 46.0 Å². The number of thiazole rings is 1. The van der Waals surface area contributed by atoms with Crippen molar-refractivity contribution in [2.24, 2.45) is 0 Å². The summed E-state index contributed by atoms with van der Waals surface area (Å²) in [5.41, 5.74) is 5.37. The fourth-order valence-corrected chi connectivity index (χ4v) is 5.38. The fraction of sp³-hybridized carbons (Fsp3) is 0.233. The van der Waals surface area contributed by atoms with Crippen LogP contribution in [0.2, 0.25) is 0 Å². The predicted molar refractivity (Wildman–Crippen MR) is 159 cm³/mol. The van der Waals surface area contributed by atoms with Gasteiger partial charge in [0.1, 0.15) is 5.75 Å². The topological polar surface area (TPSA) is 102 Å². The summed E-state index contributed by atoms with van der Waals surface area (Å²) in [5, 5.41) is 18.6. The number of guanidine groups is 1. The number of rotatable bonds is 7. The Labute approximate surface area is 232 Å². The molecule has 200 valence electrons. The molecule has 0 fully saturated rings. The third kappa shape index (κ3) is 6.21. The van der Waals surface area contributed by atoms with Gasteiger partial charge >= 0.3 is 0 Å². The number of nitrogens with one attached hydrogen (secondary N) is 4. The molecule has 4 aromatic rings. The molecule has 0 bridgehead atoms. The molecule has 1 amide bonds. The van der Waals surface area contributed by atoms with E-state index in [2.05, 4.69) is 40.8 Å². The van der Waals surface area contributed by atoms with Gasteiger partial charge in [0, 0.05) is 29.2 Å². The minimum Gasteiger partial charge on any atom is -0.497 e. The Kier molecular flexibility index (Phi) is 7.79. The van der Waals surface area contributed by atoms with Crippen molar-refractivity contribution < 1.29 is 9.53 Å². The van der Waals surface area contributed by atoms with Gasteiger partial charge < -0.3 is 25.6 Å². The predicted octanol–water partition coefficient (Wildman–Crippen LogP) is 6.68. The average Bonchev–Trinajstić information content (AvgIpc) is 3.39. The lowest BCUT2D eigenvalue weighted by molar-refractivity contribution is 0.102. The summed E-state index contributed by atoms with van der Waals surface area (Å²) >= 11 is 1.39. The maximum absolute atomic E-state index is 13.4. The molecule has 1 aliphatic rings. The molecular formula is C30H32N6O2S. The molecule has 0 saturated heterocycles. The maximum atomic E-state index is 13.4. The first kappa shape index (κ1) is 26.2. The van der Waals surface area contributed by atoms with E-state index in [1.807, 2.05) is 71.6 Å². The highest BCUT2D eigenvalue weighted by atomic mass is 32.1. The zero-order chi connectivity index (χ0) is 27.4. The lowest BCUT2D eigenvalue weighted by atomic mass is 10.0. The Balaban J connectivity index is 1.29. The summed E-state index contributed by atoms with van der Waals surface area (Å²) in [5.74, 6) is 1.17. The Bertz CT molecular complexity index is 1470. The van der Waals surface area contributed by atoms with Crippen molar-refractivity contribution in [3.8, 4) is 5.75 Å². The molecule has 1 aliphatic heterocycles. The number of benzene rings is 3. The van der Waals surface area contributed by atoms with Crippen LogP contribution >= 0.6 is 11.3 Å². The average molecular weight is 541 g/mol. The number of amides is 1. The van der Waals surface area contributed by atoms with Crippen molar-refractivity contribution in [2.45, 2.75) is 32.7 Å². The Morgan fingerprint density at radius 3 is 2.49 bits per heavy atom. The van der Waals surface area contributed by atoms with E-state index in [1.165, 1.54) is 11.3 Å². The van der Waals surface area contributed by atoms with Crippen LogP contribution in [0.25, 0.3) is 0 Å². The second-order valence-corrected chi connectivity index (χ2v) is 10.8. The van der Waals surface area contributed by atoms with Crippen LogP contribution in [-0.2, 0) is 13.0 Å². The third-order valence-corrected chi connectivity index (χ3v) is 7.69. The lowest BCUT2D eigenvalue weighted by Crippen LogP contribution is -2.39. The van der Waals surface area contributed by atoms with Crippen LogP contribution in [0.3, 0.4) is 0 Å².